The van der Waals surface area contributed by atoms with Crippen LogP contribution in [0.25, 0.3) is 11.3 Å². The predicted octanol–water partition coefficient (Wildman–Crippen LogP) is 2.23. The van der Waals surface area contributed by atoms with Gasteiger partial charge >= 0.3 is 0 Å². The summed E-state index contributed by atoms with van der Waals surface area (Å²) in [5.41, 5.74) is 1.86. The van der Waals surface area contributed by atoms with Crippen LogP contribution in [0.4, 0.5) is 4.39 Å². The minimum atomic E-state index is -0.289. The summed E-state index contributed by atoms with van der Waals surface area (Å²) in [6, 6.07) is 9.07. The van der Waals surface area contributed by atoms with Gasteiger partial charge in [-0.15, -0.1) is 0 Å². The molecule has 0 aliphatic carbocycles. The zero-order valence-electron chi connectivity index (χ0n) is 12.7. The molecule has 2 unspecified atom stereocenters. The number of halogens is 1. The summed E-state index contributed by atoms with van der Waals surface area (Å²) >= 11 is 0. The van der Waals surface area contributed by atoms with Crippen LogP contribution >= 0.6 is 0 Å². The molecular formula is C17H19FN4O. The summed E-state index contributed by atoms with van der Waals surface area (Å²) in [7, 11) is 0. The fourth-order valence-corrected chi connectivity index (χ4v) is 3.64. The number of hydrogen-bond donors (Lipinski definition) is 3. The van der Waals surface area contributed by atoms with Crippen LogP contribution in [0.1, 0.15) is 36.2 Å². The molecule has 2 aliphatic heterocycles. The number of rotatable bonds is 3. The lowest BCUT2D eigenvalue weighted by Crippen LogP contribution is -2.48. The van der Waals surface area contributed by atoms with Gasteiger partial charge in [-0.25, -0.2) is 4.39 Å². The van der Waals surface area contributed by atoms with Gasteiger partial charge in [0, 0.05) is 23.7 Å². The third-order valence-electron chi connectivity index (χ3n) is 4.77. The highest BCUT2D eigenvalue weighted by Crippen LogP contribution is 2.27. The zero-order chi connectivity index (χ0) is 15.8. The average molecular weight is 314 g/mol. The Labute approximate surface area is 133 Å². The molecule has 6 heteroatoms. The molecule has 1 aromatic heterocycles. The molecule has 2 bridgehead atoms. The van der Waals surface area contributed by atoms with Gasteiger partial charge in [-0.1, -0.05) is 0 Å². The van der Waals surface area contributed by atoms with Crippen LogP contribution in [0.3, 0.4) is 0 Å². The second-order valence-electron chi connectivity index (χ2n) is 6.45. The van der Waals surface area contributed by atoms with E-state index in [9.17, 15) is 9.18 Å². The maximum absolute atomic E-state index is 13.0. The van der Waals surface area contributed by atoms with Gasteiger partial charge in [0.1, 0.15) is 11.5 Å². The maximum atomic E-state index is 13.0. The number of fused-ring (bicyclic) bond motifs is 2. The highest BCUT2D eigenvalue weighted by molar-refractivity contribution is 5.93. The summed E-state index contributed by atoms with van der Waals surface area (Å²) in [4.78, 5) is 12.4. The van der Waals surface area contributed by atoms with Gasteiger partial charge in [0.05, 0.1) is 5.69 Å². The van der Waals surface area contributed by atoms with Crippen LogP contribution in [-0.4, -0.2) is 34.2 Å². The number of hydrogen-bond acceptors (Lipinski definition) is 3. The van der Waals surface area contributed by atoms with E-state index in [0.717, 1.165) is 18.4 Å². The standard InChI is InChI=1S/C17H19FN4O/c18-11-3-1-10(2-4-11)15-9-16(22-21-15)17(23)20-14-7-12-5-6-13(8-14)19-12/h1-4,9,12-14,19H,5-8H2,(H,20,23)(H,21,22). The van der Waals surface area contributed by atoms with Crippen molar-refractivity contribution in [3.63, 3.8) is 0 Å². The van der Waals surface area contributed by atoms with Crippen molar-refractivity contribution in [3.8, 4) is 11.3 Å². The van der Waals surface area contributed by atoms with Crippen LogP contribution in [-0.2, 0) is 0 Å². The van der Waals surface area contributed by atoms with Crippen LogP contribution in [0.15, 0.2) is 30.3 Å². The lowest BCUT2D eigenvalue weighted by molar-refractivity contribution is 0.0919. The maximum Gasteiger partial charge on any atom is 0.269 e. The molecule has 2 fully saturated rings. The minimum Gasteiger partial charge on any atom is -0.348 e. The second kappa shape index (κ2) is 5.77. The molecule has 2 saturated heterocycles. The zero-order valence-corrected chi connectivity index (χ0v) is 12.7. The number of carbonyl (C=O) groups excluding carboxylic acids is 1. The van der Waals surface area contributed by atoms with E-state index >= 15 is 0 Å². The van der Waals surface area contributed by atoms with Crippen LogP contribution in [0, 0.1) is 5.82 Å². The highest BCUT2D eigenvalue weighted by Gasteiger charge is 2.34. The number of nitrogens with zero attached hydrogens (tertiary/aromatic N) is 1. The first kappa shape index (κ1) is 14.4. The quantitative estimate of drug-likeness (QED) is 0.813. The first-order valence-electron chi connectivity index (χ1n) is 8.05. The Morgan fingerprint density at radius 2 is 1.87 bits per heavy atom. The number of nitrogens with one attached hydrogen (secondary N) is 3. The molecule has 120 valence electrons. The number of piperidine rings is 1. The summed E-state index contributed by atoms with van der Waals surface area (Å²) in [6.07, 6.45) is 4.38. The van der Waals surface area contributed by atoms with Crippen molar-refractivity contribution in [1.82, 2.24) is 20.8 Å². The molecule has 4 rings (SSSR count). The summed E-state index contributed by atoms with van der Waals surface area (Å²) in [5.74, 6) is -0.417. The molecular weight excluding hydrogens is 295 g/mol. The number of aromatic amines is 1. The van der Waals surface area contributed by atoms with Crippen LogP contribution < -0.4 is 10.6 Å². The molecule has 0 saturated carbocycles. The van der Waals surface area contributed by atoms with E-state index in [0.29, 0.717) is 23.5 Å². The molecule has 1 aromatic carbocycles. The summed E-state index contributed by atoms with van der Waals surface area (Å²) in [6.45, 7) is 0. The Morgan fingerprint density at radius 1 is 1.17 bits per heavy atom. The fourth-order valence-electron chi connectivity index (χ4n) is 3.64. The lowest BCUT2D eigenvalue weighted by Gasteiger charge is -2.29. The average Bonchev–Trinajstić information content (AvgIpc) is 3.15. The van der Waals surface area contributed by atoms with E-state index in [1.54, 1.807) is 18.2 Å². The van der Waals surface area contributed by atoms with Gasteiger partial charge in [-0.3, -0.25) is 9.89 Å². The number of benzene rings is 1. The Bertz CT molecular complexity index is 700. The number of amides is 1. The van der Waals surface area contributed by atoms with E-state index in [-0.39, 0.29) is 17.8 Å². The number of aromatic nitrogens is 2. The molecule has 0 radical (unpaired) electrons. The van der Waals surface area contributed by atoms with Crippen LogP contribution in [0.5, 0.6) is 0 Å². The molecule has 2 aromatic rings. The number of carbonyl (C=O) groups is 1. The van der Waals surface area contributed by atoms with Gasteiger partial charge in [0.25, 0.3) is 5.91 Å². The predicted molar refractivity (Wildman–Crippen MR) is 84.4 cm³/mol. The monoisotopic (exact) mass is 314 g/mol. The largest absolute Gasteiger partial charge is 0.348 e. The van der Waals surface area contributed by atoms with E-state index in [2.05, 4.69) is 20.8 Å². The minimum absolute atomic E-state index is 0.128. The van der Waals surface area contributed by atoms with E-state index in [4.69, 9.17) is 0 Å². The summed E-state index contributed by atoms with van der Waals surface area (Å²) < 4.78 is 13.0. The molecule has 2 aliphatic rings. The van der Waals surface area contributed by atoms with E-state index < -0.39 is 0 Å². The Hall–Kier alpha value is -2.21. The van der Waals surface area contributed by atoms with E-state index in [1.807, 2.05) is 0 Å². The van der Waals surface area contributed by atoms with Gasteiger partial charge in [-0.2, -0.15) is 5.10 Å². The normalized spacial score (nSPS) is 26.2. The second-order valence-corrected chi connectivity index (χ2v) is 6.45. The van der Waals surface area contributed by atoms with Gasteiger partial charge in [0.15, 0.2) is 0 Å². The van der Waals surface area contributed by atoms with Crippen molar-refractivity contribution in [2.45, 2.75) is 43.8 Å². The highest BCUT2D eigenvalue weighted by atomic mass is 19.1. The molecule has 3 heterocycles. The number of H-pyrrole nitrogens is 1. The molecule has 23 heavy (non-hydrogen) atoms. The molecule has 2 atom stereocenters. The molecule has 5 nitrogen and oxygen atoms in total. The summed E-state index contributed by atoms with van der Waals surface area (Å²) in [5, 5.41) is 13.6. The molecule has 1 amide bonds. The molecule has 3 N–H and O–H groups in total. The lowest BCUT2D eigenvalue weighted by atomic mass is 10.00. The van der Waals surface area contributed by atoms with Crippen LogP contribution in [0.2, 0.25) is 0 Å². The van der Waals surface area contributed by atoms with E-state index in [1.165, 1.54) is 25.0 Å². The van der Waals surface area contributed by atoms with Gasteiger partial charge in [-0.05, 0) is 56.0 Å². The van der Waals surface area contributed by atoms with Gasteiger partial charge in [0.2, 0.25) is 0 Å². The van der Waals surface area contributed by atoms with Crippen molar-refractivity contribution in [1.29, 1.82) is 0 Å². The Kier molecular flexibility index (Phi) is 3.61. The van der Waals surface area contributed by atoms with Crippen molar-refractivity contribution >= 4 is 5.91 Å². The third-order valence-corrected chi connectivity index (χ3v) is 4.77. The fraction of sp³-hybridized carbons (Fsp3) is 0.412. The SMILES string of the molecule is O=C(NC1CC2CCC(C1)N2)c1cc(-c2ccc(F)cc2)n[nH]1. The van der Waals surface area contributed by atoms with Crippen molar-refractivity contribution in [3.05, 3.63) is 41.8 Å². The van der Waals surface area contributed by atoms with Crippen molar-refractivity contribution in [2.24, 2.45) is 0 Å². The van der Waals surface area contributed by atoms with Gasteiger partial charge < -0.3 is 10.6 Å². The first-order valence-corrected chi connectivity index (χ1v) is 8.05. The van der Waals surface area contributed by atoms with Crippen molar-refractivity contribution < 1.29 is 9.18 Å². The molecule has 0 spiro atoms. The Morgan fingerprint density at radius 3 is 2.57 bits per heavy atom. The smallest absolute Gasteiger partial charge is 0.269 e. The topological polar surface area (TPSA) is 69.8 Å². The first-order chi connectivity index (χ1) is 11.2. The third kappa shape index (κ3) is 2.99. The van der Waals surface area contributed by atoms with Crippen molar-refractivity contribution in [2.75, 3.05) is 0 Å². The Balaban J connectivity index is 1.44.